The van der Waals surface area contributed by atoms with Gasteiger partial charge in [-0.3, -0.25) is 14.3 Å². The van der Waals surface area contributed by atoms with Crippen LogP contribution in [0.25, 0.3) is 0 Å². The number of aryl methyl sites for hydroxylation is 2. The predicted molar refractivity (Wildman–Crippen MR) is 82.5 cm³/mol. The van der Waals surface area contributed by atoms with Crippen molar-refractivity contribution in [2.45, 2.75) is 40.5 Å². The maximum atomic E-state index is 12.6. The Morgan fingerprint density at radius 1 is 1.36 bits per heavy atom. The third kappa shape index (κ3) is 2.62. The zero-order valence-corrected chi connectivity index (χ0v) is 14.0. The Morgan fingerprint density at radius 2 is 2.00 bits per heavy atom. The van der Waals surface area contributed by atoms with Crippen LogP contribution in [0.15, 0.2) is 0 Å². The molecule has 1 saturated heterocycles. The highest BCUT2D eigenvalue weighted by Gasteiger charge is 2.48. The fourth-order valence-corrected chi connectivity index (χ4v) is 3.28. The van der Waals surface area contributed by atoms with Crippen LogP contribution in [0, 0.1) is 25.2 Å². The first kappa shape index (κ1) is 16.5. The number of rotatable bonds is 4. The molecular formula is C16H25N3O3. The summed E-state index contributed by atoms with van der Waals surface area (Å²) in [5, 5.41) is 13.9. The number of hydrogen-bond acceptors (Lipinski definition) is 3. The van der Waals surface area contributed by atoms with E-state index in [9.17, 15) is 14.7 Å². The van der Waals surface area contributed by atoms with Crippen LogP contribution in [0.2, 0.25) is 0 Å². The molecule has 1 aliphatic heterocycles. The van der Waals surface area contributed by atoms with Crippen LogP contribution in [0.1, 0.15) is 37.2 Å². The Labute approximate surface area is 131 Å². The first-order valence-electron chi connectivity index (χ1n) is 7.69. The van der Waals surface area contributed by atoms with E-state index in [1.54, 1.807) is 9.58 Å². The van der Waals surface area contributed by atoms with E-state index in [0.717, 1.165) is 17.0 Å². The minimum Gasteiger partial charge on any atom is -0.481 e. The molecule has 2 heterocycles. The zero-order valence-electron chi connectivity index (χ0n) is 14.0. The summed E-state index contributed by atoms with van der Waals surface area (Å²) in [6, 6.07) is 0. The first-order chi connectivity index (χ1) is 10.2. The Bertz CT molecular complexity index is 606. The molecule has 2 rings (SSSR count). The molecule has 1 aromatic rings. The second kappa shape index (κ2) is 5.74. The monoisotopic (exact) mass is 307 g/mol. The highest BCUT2D eigenvalue weighted by molar-refractivity contribution is 5.82. The van der Waals surface area contributed by atoms with E-state index < -0.39 is 11.4 Å². The maximum absolute atomic E-state index is 12.6. The largest absolute Gasteiger partial charge is 0.481 e. The summed E-state index contributed by atoms with van der Waals surface area (Å²) in [7, 11) is 1.86. The summed E-state index contributed by atoms with van der Waals surface area (Å²) in [5.41, 5.74) is 1.98. The highest BCUT2D eigenvalue weighted by Crippen LogP contribution is 2.38. The van der Waals surface area contributed by atoms with Gasteiger partial charge in [0, 0.05) is 31.4 Å². The number of hydrogen-bond donors (Lipinski definition) is 1. The normalized spacial score (nSPS) is 21.6. The van der Waals surface area contributed by atoms with E-state index in [2.05, 4.69) is 5.10 Å². The van der Waals surface area contributed by atoms with Gasteiger partial charge < -0.3 is 10.0 Å². The molecule has 1 amide bonds. The Balaban J connectivity index is 2.14. The molecule has 1 atom stereocenters. The summed E-state index contributed by atoms with van der Waals surface area (Å²) >= 11 is 0. The molecule has 1 N–H and O–H groups in total. The average Bonchev–Trinajstić information content (AvgIpc) is 2.98. The highest BCUT2D eigenvalue weighted by atomic mass is 16.4. The number of carboxylic acids is 1. The number of nitrogens with zero attached hydrogens (tertiary/aromatic N) is 3. The van der Waals surface area contributed by atoms with Crippen molar-refractivity contribution in [1.29, 1.82) is 0 Å². The maximum Gasteiger partial charge on any atom is 0.311 e. The molecule has 6 heteroatoms. The summed E-state index contributed by atoms with van der Waals surface area (Å²) in [5.74, 6) is -0.806. The smallest absolute Gasteiger partial charge is 0.311 e. The van der Waals surface area contributed by atoms with Gasteiger partial charge in [0.2, 0.25) is 5.91 Å². The average molecular weight is 307 g/mol. The number of amides is 1. The third-order valence-electron chi connectivity index (χ3n) is 5.17. The van der Waals surface area contributed by atoms with Gasteiger partial charge in [0.25, 0.3) is 0 Å². The standard InChI is InChI=1S/C16H25N3O3/c1-10(2)16(15(21)22)6-7-19(9-16)14(20)8-13-11(3)17-18(5)12(13)4/h10H,6-9H2,1-5H3,(H,21,22). The Morgan fingerprint density at radius 3 is 2.41 bits per heavy atom. The molecule has 22 heavy (non-hydrogen) atoms. The van der Waals surface area contributed by atoms with Gasteiger partial charge >= 0.3 is 5.97 Å². The molecule has 0 bridgehead atoms. The fraction of sp³-hybridized carbons (Fsp3) is 0.688. The molecule has 6 nitrogen and oxygen atoms in total. The van der Waals surface area contributed by atoms with E-state index in [-0.39, 0.29) is 11.8 Å². The predicted octanol–water partition coefficient (Wildman–Crippen LogP) is 1.54. The van der Waals surface area contributed by atoms with Crippen molar-refractivity contribution in [3.05, 3.63) is 17.0 Å². The fourth-order valence-electron chi connectivity index (χ4n) is 3.28. The van der Waals surface area contributed by atoms with Crippen molar-refractivity contribution >= 4 is 11.9 Å². The van der Waals surface area contributed by atoms with Crippen LogP contribution in [-0.2, 0) is 23.1 Å². The summed E-state index contributed by atoms with van der Waals surface area (Å²) < 4.78 is 1.78. The summed E-state index contributed by atoms with van der Waals surface area (Å²) in [6.45, 7) is 8.49. The quantitative estimate of drug-likeness (QED) is 0.915. The molecule has 1 unspecified atom stereocenters. The number of aliphatic carboxylic acids is 1. The van der Waals surface area contributed by atoms with Gasteiger partial charge in [0.1, 0.15) is 0 Å². The van der Waals surface area contributed by atoms with Gasteiger partial charge in [0.05, 0.1) is 17.5 Å². The van der Waals surface area contributed by atoms with Gasteiger partial charge in [-0.15, -0.1) is 0 Å². The van der Waals surface area contributed by atoms with E-state index in [4.69, 9.17) is 0 Å². The Kier molecular flexibility index (Phi) is 4.31. The van der Waals surface area contributed by atoms with Crippen LogP contribution < -0.4 is 0 Å². The van der Waals surface area contributed by atoms with Gasteiger partial charge in [-0.05, 0) is 26.2 Å². The van der Waals surface area contributed by atoms with Crippen LogP contribution in [0.5, 0.6) is 0 Å². The second-order valence-electron chi connectivity index (χ2n) is 6.63. The van der Waals surface area contributed by atoms with Crippen molar-refractivity contribution in [3.63, 3.8) is 0 Å². The molecule has 1 fully saturated rings. The molecule has 1 aliphatic rings. The number of carbonyl (C=O) groups excluding carboxylic acids is 1. The minimum atomic E-state index is -0.811. The lowest BCUT2D eigenvalue weighted by Gasteiger charge is -2.28. The van der Waals surface area contributed by atoms with Gasteiger partial charge in [-0.25, -0.2) is 0 Å². The zero-order chi connectivity index (χ0) is 16.7. The number of aromatic nitrogens is 2. The summed E-state index contributed by atoms with van der Waals surface area (Å²) in [4.78, 5) is 25.9. The van der Waals surface area contributed by atoms with Crippen LogP contribution in [0.4, 0.5) is 0 Å². The van der Waals surface area contributed by atoms with E-state index in [0.29, 0.717) is 25.9 Å². The molecule has 1 aromatic heterocycles. The molecule has 122 valence electrons. The first-order valence-corrected chi connectivity index (χ1v) is 7.69. The molecule has 0 saturated carbocycles. The van der Waals surface area contributed by atoms with Crippen molar-refractivity contribution in [3.8, 4) is 0 Å². The van der Waals surface area contributed by atoms with Crippen LogP contribution in [-0.4, -0.2) is 44.8 Å². The topological polar surface area (TPSA) is 75.4 Å². The van der Waals surface area contributed by atoms with Crippen molar-refractivity contribution < 1.29 is 14.7 Å². The SMILES string of the molecule is Cc1nn(C)c(C)c1CC(=O)N1CCC(C(=O)O)(C(C)C)C1. The van der Waals surface area contributed by atoms with E-state index in [1.807, 2.05) is 34.7 Å². The molecule has 0 aromatic carbocycles. The summed E-state index contributed by atoms with van der Waals surface area (Å²) in [6.07, 6.45) is 0.816. The lowest BCUT2D eigenvalue weighted by molar-refractivity contribution is -0.151. The van der Waals surface area contributed by atoms with Crippen LogP contribution in [0.3, 0.4) is 0 Å². The van der Waals surface area contributed by atoms with Crippen molar-refractivity contribution in [2.75, 3.05) is 13.1 Å². The van der Waals surface area contributed by atoms with E-state index >= 15 is 0 Å². The lowest BCUT2D eigenvalue weighted by atomic mass is 9.76. The lowest BCUT2D eigenvalue weighted by Crippen LogP contribution is -2.41. The van der Waals surface area contributed by atoms with E-state index in [1.165, 1.54) is 0 Å². The molecular weight excluding hydrogens is 282 g/mol. The minimum absolute atomic E-state index is 0.00432. The second-order valence-corrected chi connectivity index (χ2v) is 6.63. The van der Waals surface area contributed by atoms with Gasteiger partial charge in [0.15, 0.2) is 0 Å². The van der Waals surface area contributed by atoms with Crippen molar-refractivity contribution in [1.82, 2.24) is 14.7 Å². The Hall–Kier alpha value is -1.85. The van der Waals surface area contributed by atoms with Gasteiger partial charge in [-0.2, -0.15) is 5.10 Å². The third-order valence-corrected chi connectivity index (χ3v) is 5.17. The molecule has 0 aliphatic carbocycles. The molecule has 0 radical (unpaired) electrons. The number of carbonyl (C=O) groups is 2. The number of likely N-dealkylation sites (tertiary alicyclic amines) is 1. The number of carboxylic acid groups (broad SMARTS) is 1. The molecule has 0 spiro atoms. The van der Waals surface area contributed by atoms with Crippen LogP contribution >= 0.6 is 0 Å². The van der Waals surface area contributed by atoms with Gasteiger partial charge in [-0.1, -0.05) is 13.8 Å². The van der Waals surface area contributed by atoms with Crippen molar-refractivity contribution in [2.24, 2.45) is 18.4 Å².